The van der Waals surface area contributed by atoms with Crippen molar-refractivity contribution in [3.63, 3.8) is 0 Å². The highest BCUT2D eigenvalue weighted by Crippen LogP contribution is 2.06. The molecule has 0 saturated heterocycles. The van der Waals surface area contributed by atoms with Crippen molar-refractivity contribution in [2.45, 2.75) is 6.92 Å². The van der Waals surface area contributed by atoms with Gasteiger partial charge in [0.25, 0.3) is 5.91 Å². The molecule has 0 aromatic carbocycles. The van der Waals surface area contributed by atoms with Gasteiger partial charge in [-0.15, -0.1) is 0 Å². The van der Waals surface area contributed by atoms with Gasteiger partial charge in [0, 0.05) is 18.1 Å². The molecule has 16 heavy (non-hydrogen) atoms. The first-order valence-corrected chi connectivity index (χ1v) is 4.76. The summed E-state index contributed by atoms with van der Waals surface area (Å²) in [5.74, 6) is -0.293. The van der Waals surface area contributed by atoms with E-state index in [4.69, 9.17) is 0 Å². The summed E-state index contributed by atoms with van der Waals surface area (Å²) in [6, 6.07) is 3.61. The van der Waals surface area contributed by atoms with Crippen LogP contribution in [0.15, 0.2) is 36.9 Å². The highest BCUT2D eigenvalue weighted by Gasteiger charge is 2.06. The molecule has 2 rings (SSSR count). The Morgan fingerprint density at radius 1 is 1.19 bits per heavy atom. The molecule has 2 aromatic rings. The first-order chi connectivity index (χ1) is 7.75. The highest BCUT2D eigenvalue weighted by atomic mass is 16.1. The fourth-order valence-corrected chi connectivity index (χ4v) is 1.15. The number of hydrogen-bond acceptors (Lipinski definition) is 4. The number of carbonyl (C=O) groups excluding carboxylic acids is 1. The molecular weight excluding hydrogens is 204 g/mol. The first-order valence-electron chi connectivity index (χ1n) is 4.76. The van der Waals surface area contributed by atoms with Crippen LogP contribution in [0, 0.1) is 6.92 Å². The van der Waals surface area contributed by atoms with E-state index in [2.05, 4.69) is 20.3 Å². The van der Waals surface area contributed by atoms with Crippen molar-refractivity contribution in [3.05, 3.63) is 48.3 Å². The summed E-state index contributed by atoms with van der Waals surface area (Å²) >= 11 is 0. The summed E-state index contributed by atoms with van der Waals surface area (Å²) in [6.07, 6.45) is 6.01. The number of anilines is 1. The Hall–Kier alpha value is -2.30. The third kappa shape index (κ3) is 2.38. The molecular formula is C11H10N4O. The molecule has 0 aliphatic rings. The molecule has 0 atom stereocenters. The smallest absolute Gasteiger partial charge is 0.275 e. The zero-order chi connectivity index (χ0) is 11.4. The predicted octanol–water partition coefficient (Wildman–Crippen LogP) is 1.43. The molecule has 0 aliphatic heterocycles. The van der Waals surface area contributed by atoms with Crippen LogP contribution < -0.4 is 5.32 Å². The first kappa shape index (κ1) is 10.2. The second-order valence-electron chi connectivity index (χ2n) is 3.23. The van der Waals surface area contributed by atoms with Gasteiger partial charge in [0.05, 0.1) is 18.1 Å². The molecule has 1 N–H and O–H groups in total. The van der Waals surface area contributed by atoms with Crippen LogP contribution in [0.4, 0.5) is 5.69 Å². The maximum atomic E-state index is 11.7. The molecule has 0 saturated carbocycles. The van der Waals surface area contributed by atoms with E-state index in [1.54, 1.807) is 12.3 Å². The third-order valence-corrected chi connectivity index (χ3v) is 1.97. The molecule has 0 bridgehead atoms. The van der Waals surface area contributed by atoms with Crippen LogP contribution in [0.2, 0.25) is 0 Å². The molecule has 2 heterocycles. The minimum atomic E-state index is -0.293. The minimum absolute atomic E-state index is 0.281. The van der Waals surface area contributed by atoms with Crippen molar-refractivity contribution in [2.75, 3.05) is 5.32 Å². The number of aryl methyl sites for hydroxylation is 1. The van der Waals surface area contributed by atoms with Gasteiger partial charge in [-0.25, -0.2) is 4.98 Å². The second-order valence-corrected chi connectivity index (χ2v) is 3.23. The van der Waals surface area contributed by atoms with Crippen molar-refractivity contribution in [1.82, 2.24) is 15.0 Å². The number of amides is 1. The maximum absolute atomic E-state index is 11.7. The van der Waals surface area contributed by atoms with Crippen LogP contribution >= 0.6 is 0 Å². The van der Waals surface area contributed by atoms with E-state index in [9.17, 15) is 4.79 Å². The van der Waals surface area contributed by atoms with E-state index in [0.29, 0.717) is 5.69 Å². The lowest BCUT2D eigenvalue weighted by molar-refractivity contribution is 0.102. The van der Waals surface area contributed by atoms with Gasteiger partial charge in [0.1, 0.15) is 5.69 Å². The Balaban J connectivity index is 2.11. The van der Waals surface area contributed by atoms with Crippen LogP contribution in [0.5, 0.6) is 0 Å². The van der Waals surface area contributed by atoms with Crippen molar-refractivity contribution >= 4 is 11.6 Å². The maximum Gasteiger partial charge on any atom is 0.275 e. The lowest BCUT2D eigenvalue weighted by atomic mass is 10.3. The number of nitrogens with zero attached hydrogens (tertiary/aromatic N) is 3. The molecule has 0 fully saturated rings. The Morgan fingerprint density at radius 3 is 2.69 bits per heavy atom. The number of hydrogen-bond donors (Lipinski definition) is 1. The van der Waals surface area contributed by atoms with Gasteiger partial charge in [-0.1, -0.05) is 0 Å². The number of carbonyl (C=O) groups is 1. The molecule has 5 heteroatoms. The molecule has 0 radical (unpaired) electrons. The summed E-state index contributed by atoms with van der Waals surface area (Å²) < 4.78 is 0. The predicted molar refractivity (Wildman–Crippen MR) is 59.0 cm³/mol. The van der Waals surface area contributed by atoms with E-state index in [0.717, 1.165) is 5.69 Å². The Morgan fingerprint density at radius 2 is 2.06 bits per heavy atom. The van der Waals surface area contributed by atoms with Crippen LogP contribution in [0.3, 0.4) is 0 Å². The van der Waals surface area contributed by atoms with Gasteiger partial charge < -0.3 is 5.32 Å². The number of rotatable bonds is 2. The Kier molecular flexibility index (Phi) is 2.86. The normalized spacial score (nSPS) is 9.81. The van der Waals surface area contributed by atoms with Crippen LogP contribution in [0.1, 0.15) is 16.2 Å². The molecule has 2 aromatic heterocycles. The molecule has 0 aliphatic carbocycles. The third-order valence-electron chi connectivity index (χ3n) is 1.97. The van der Waals surface area contributed by atoms with E-state index in [-0.39, 0.29) is 11.6 Å². The van der Waals surface area contributed by atoms with Gasteiger partial charge in [0.15, 0.2) is 0 Å². The van der Waals surface area contributed by atoms with Crippen LogP contribution in [0.25, 0.3) is 0 Å². The summed E-state index contributed by atoms with van der Waals surface area (Å²) in [5, 5.41) is 2.68. The summed E-state index contributed by atoms with van der Waals surface area (Å²) in [4.78, 5) is 23.5. The average Bonchev–Trinajstić information content (AvgIpc) is 2.33. The second kappa shape index (κ2) is 4.48. The van der Waals surface area contributed by atoms with Gasteiger partial charge >= 0.3 is 0 Å². The van der Waals surface area contributed by atoms with Gasteiger partial charge in [-0.2, -0.15) is 0 Å². The lowest BCUT2D eigenvalue weighted by Crippen LogP contribution is -2.13. The minimum Gasteiger partial charge on any atom is -0.319 e. The SMILES string of the molecule is Cc1ccc(NC(=O)c2cnccn2)cn1. The van der Waals surface area contributed by atoms with E-state index < -0.39 is 0 Å². The largest absolute Gasteiger partial charge is 0.319 e. The van der Waals surface area contributed by atoms with Crippen LogP contribution in [-0.2, 0) is 0 Å². The molecule has 0 spiro atoms. The number of aromatic nitrogens is 3. The molecule has 0 unspecified atom stereocenters. The quantitative estimate of drug-likeness (QED) is 0.821. The zero-order valence-corrected chi connectivity index (χ0v) is 8.71. The number of pyridine rings is 1. The standard InChI is InChI=1S/C11H10N4O/c1-8-2-3-9(6-14-8)15-11(16)10-7-12-4-5-13-10/h2-7H,1H3,(H,15,16). The average molecular weight is 214 g/mol. The van der Waals surface area contributed by atoms with E-state index >= 15 is 0 Å². The molecule has 5 nitrogen and oxygen atoms in total. The van der Waals surface area contributed by atoms with Crippen molar-refractivity contribution < 1.29 is 4.79 Å². The van der Waals surface area contributed by atoms with Gasteiger partial charge in [-0.3, -0.25) is 14.8 Å². The summed E-state index contributed by atoms with van der Waals surface area (Å²) in [6.45, 7) is 1.88. The number of nitrogens with one attached hydrogen (secondary N) is 1. The highest BCUT2D eigenvalue weighted by molar-refractivity contribution is 6.02. The molecule has 80 valence electrons. The monoisotopic (exact) mass is 214 g/mol. The fourth-order valence-electron chi connectivity index (χ4n) is 1.15. The summed E-state index contributed by atoms with van der Waals surface area (Å²) in [5.41, 5.74) is 1.82. The Labute approximate surface area is 92.6 Å². The van der Waals surface area contributed by atoms with Gasteiger partial charge in [-0.05, 0) is 19.1 Å². The fraction of sp³-hybridized carbons (Fsp3) is 0.0909. The summed E-state index contributed by atoms with van der Waals surface area (Å²) in [7, 11) is 0. The van der Waals surface area contributed by atoms with E-state index in [1.807, 2.05) is 13.0 Å². The Bertz CT molecular complexity index is 481. The van der Waals surface area contributed by atoms with E-state index in [1.165, 1.54) is 18.6 Å². The van der Waals surface area contributed by atoms with Crippen molar-refractivity contribution in [2.24, 2.45) is 0 Å². The van der Waals surface area contributed by atoms with Crippen molar-refractivity contribution in [1.29, 1.82) is 0 Å². The van der Waals surface area contributed by atoms with Crippen molar-refractivity contribution in [3.8, 4) is 0 Å². The molecule has 1 amide bonds. The lowest BCUT2D eigenvalue weighted by Gasteiger charge is -2.03. The van der Waals surface area contributed by atoms with Gasteiger partial charge in [0.2, 0.25) is 0 Å². The van der Waals surface area contributed by atoms with Crippen LogP contribution in [-0.4, -0.2) is 20.9 Å². The zero-order valence-electron chi connectivity index (χ0n) is 8.71. The topological polar surface area (TPSA) is 67.8 Å².